The van der Waals surface area contributed by atoms with E-state index in [9.17, 15) is 14.4 Å². The zero-order valence-corrected chi connectivity index (χ0v) is 41.8. The molecule has 0 aliphatic carbocycles. The standard InChI is InChI=1S/C55H106O6/c1-6-7-8-9-10-11-12-13-14-19-22-25-32-37-42-47-55(58)61-52(49-60-54(57)46-41-36-31-27-26-29-34-39-44-51(4)5)48-59-53(56)45-40-35-30-24-21-18-16-15-17-20-23-28-33-38-43-50(2)3/h50-52H,6-49H2,1-5H3/t52-/m1/s1. The van der Waals surface area contributed by atoms with Crippen molar-refractivity contribution in [2.45, 2.75) is 310 Å². The topological polar surface area (TPSA) is 78.9 Å². The monoisotopic (exact) mass is 863 g/mol. The lowest BCUT2D eigenvalue weighted by Crippen LogP contribution is -2.30. The molecule has 0 aliphatic heterocycles. The van der Waals surface area contributed by atoms with Crippen LogP contribution in [0.5, 0.6) is 0 Å². The van der Waals surface area contributed by atoms with Crippen LogP contribution in [0, 0.1) is 11.8 Å². The first kappa shape index (κ1) is 59.4. The summed E-state index contributed by atoms with van der Waals surface area (Å²) in [6.07, 6.45) is 49.5. The first-order valence-electron chi connectivity index (χ1n) is 27.2. The van der Waals surface area contributed by atoms with Gasteiger partial charge in [0.2, 0.25) is 0 Å². The Hall–Kier alpha value is -1.59. The number of hydrogen-bond acceptors (Lipinski definition) is 6. The lowest BCUT2D eigenvalue weighted by atomic mass is 10.0. The van der Waals surface area contributed by atoms with Gasteiger partial charge in [-0.1, -0.05) is 266 Å². The fraction of sp³-hybridized carbons (Fsp3) is 0.945. The van der Waals surface area contributed by atoms with Crippen molar-refractivity contribution >= 4 is 17.9 Å². The van der Waals surface area contributed by atoms with Crippen LogP contribution in [0.3, 0.4) is 0 Å². The Morgan fingerprint density at radius 1 is 0.311 bits per heavy atom. The molecule has 0 fully saturated rings. The highest BCUT2D eigenvalue weighted by Gasteiger charge is 2.19. The van der Waals surface area contributed by atoms with E-state index in [2.05, 4.69) is 34.6 Å². The highest BCUT2D eigenvalue weighted by atomic mass is 16.6. The van der Waals surface area contributed by atoms with Crippen molar-refractivity contribution in [2.75, 3.05) is 13.2 Å². The molecule has 0 aliphatic rings. The summed E-state index contributed by atoms with van der Waals surface area (Å²) >= 11 is 0. The molecule has 0 aromatic carbocycles. The number of unbranched alkanes of at least 4 members (excludes halogenated alkanes) is 34. The smallest absolute Gasteiger partial charge is 0.306 e. The van der Waals surface area contributed by atoms with Gasteiger partial charge in [0.1, 0.15) is 13.2 Å². The summed E-state index contributed by atoms with van der Waals surface area (Å²) in [7, 11) is 0. The van der Waals surface area contributed by atoms with E-state index in [-0.39, 0.29) is 31.1 Å². The number of carbonyl (C=O) groups excluding carboxylic acids is 3. The third kappa shape index (κ3) is 49.3. The van der Waals surface area contributed by atoms with Crippen molar-refractivity contribution in [3.8, 4) is 0 Å². The maximum Gasteiger partial charge on any atom is 0.306 e. The number of hydrogen-bond donors (Lipinski definition) is 0. The molecule has 362 valence electrons. The van der Waals surface area contributed by atoms with Crippen LogP contribution >= 0.6 is 0 Å². The Balaban J connectivity index is 4.28. The van der Waals surface area contributed by atoms with Gasteiger partial charge in [-0.25, -0.2) is 0 Å². The molecule has 6 nitrogen and oxygen atoms in total. The zero-order chi connectivity index (χ0) is 44.7. The Bertz CT molecular complexity index is 931. The minimum absolute atomic E-state index is 0.0635. The van der Waals surface area contributed by atoms with Crippen LogP contribution in [0.2, 0.25) is 0 Å². The van der Waals surface area contributed by atoms with Gasteiger partial charge in [0.25, 0.3) is 0 Å². The van der Waals surface area contributed by atoms with Gasteiger partial charge in [-0.3, -0.25) is 14.4 Å². The zero-order valence-electron chi connectivity index (χ0n) is 41.8. The normalized spacial score (nSPS) is 12.0. The average molecular weight is 863 g/mol. The largest absolute Gasteiger partial charge is 0.462 e. The minimum Gasteiger partial charge on any atom is -0.462 e. The Kier molecular flexibility index (Phi) is 46.6. The van der Waals surface area contributed by atoms with E-state index < -0.39 is 6.10 Å². The van der Waals surface area contributed by atoms with Crippen molar-refractivity contribution in [2.24, 2.45) is 11.8 Å². The number of esters is 3. The van der Waals surface area contributed by atoms with E-state index in [0.29, 0.717) is 19.3 Å². The van der Waals surface area contributed by atoms with Gasteiger partial charge in [0, 0.05) is 19.3 Å². The van der Waals surface area contributed by atoms with E-state index in [1.54, 1.807) is 0 Å². The van der Waals surface area contributed by atoms with Gasteiger partial charge in [0.05, 0.1) is 0 Å². The van der Waals surface area contributed by atoms with Gasteiger partial charge < -0.3 is 14.2 Å². The van der Waals surface area contributed by atoms with Crippen LogP contribution in [0.1, 0.15) is 304 Å². The predicted octanol–water partition coefficient (Wildman–Crippen LogP) is 17.7. The van der Waals surface area contributed by atoms with Crippen LogP contribution < -0.4 is 0 Å². The highest BCUT2D eigenvalue weighted by molar-refractivity contribution is 5.71. The third-order valence-corrected chi connectivity index (χ3v) is 12.5. The van der Waals surface area contributed by atoms with Gasteiger partial charge in [0.15, 0.2) is 6.10 Å². The Morgan fingerprint density at radius 3 is 0.803 bits per heavy atom. The van der Waals surface area contributed by atoms with E-state index >= 15 is 0 Å². The van der Waals surface area contributed by atoms with Crippen LogP contribution in [0.15, 0.2) is 0 Å². The second-order valence-corrected chi connectivity index (χ2v) is 19.8. The fourth-order valence-electron chi connectivity index (χ4n) is 8.34. The average Bonchev–Trinajstić information content (AvgIpc) is 3.23. The summed E-state index contributed by atoms with van der Waals surface area (Å²) in [6, 6.07) is 0. The molecule has 0 spiro atoms. The summed E-state index contributed by atoms with van der Waals surface area (Å²) in [6.45, 7) is 11.4. The fourth-order valence-corrected chi connectivity index (χ4v) is 8.34. The molecule has 0 aromatic heterocycles. The van der Waals surface area contributed by atoms with Gasteiger partial charge in [-0.2, -0.15) is 0 Å². The van der Waals surface area contributed by atoms with Gasteiger partial charge in [-0.05, 0) is 31.1 Å². The van der Waals surface area contributed by atoms with Crippen molar-refractivity contribution in [3.63, 3.8) is 0 Å². The predicted molar refractivity (Wildman–Crippen MR) is 261 cm³/mol. The highest BCUT2D eigenvalue weighted by Crippen LogP contribution is 2.18. The molecule has 0 heterocycles. The SMILES string of the molecule is CCCCCCCCCCCCCCCCCC(=O)O[C@H](COC(=O)CCCCCCCCCCCCCCCCC(C)C)COC(=O)CCCCCCCCCCC(C)C. The van der Waals surface area contributed by atoms with Gasteiger partial charge in [-0.15, -0.1) is 0 Å². The molecule has 1 atom stereocenters. The third-order valence-electron chi connectivity index (χ3n) is 12.5. The Morgan fingerprint density at radius 2 is 0.541 bits per heavy atom. The van der Waals surface area contributed by atoms with Crippen LogP contribution in [0.25, 0.3) is 0 Å². The number of carbonyl (C=O) groups is 3. The molecule has 0 radical (unpaired) electrons. The van der Waals surface area contributed by atoms with Crippen molar-refractivity contribution in [1.82, 2.24) is 0 Å². The van der Waals surface area contributed by atoms with Crippen LogP contribution in [-0.2, 0) is 28.6 Å². The summed E-state index contributed by atoms with van der Waals surface area (Å²) in [5.74, 6) is 0.796. The van der Waals surface area contributed by atoms with Crippen molar-refractivity contribution < 1.29 is 28.6 Å². The molecule has 0 rings (SSSR count). The molecule has 0 amide bonds. The lowest BCUT2D eigenvalue weighted by Gasteiger charge is -2.18. The maximum absolute atomic E-state index is 12.8. The molecule has 0 bridgehead atoms. The Labute approximate surface area is 380 Å². The second kappa shape index (κ2) is 47.9. The molecule has 0 saturated carbocycles. The molecular weight excluding hydrogens is 757 g/mol. The second-order valence-electron chi connectivity index (χ2n) is 19.8. The van der Waals surface area contributed by atoms with E-state index in [1.165, 1.54) is 193 Å². The summed E-state index contributed by atoms with van der Waals surface area (Å²) in [5, 5.41) is 0. The molecule has 6 heteroatoms. The summed E-state index contributed by atoms with van der Waals surface area (Å²) in [4.78, 5) is 38.0. The quantitative estimate of drug-likeness (QED) is 0.0344. The molecule has 0 aromatic rings. The number of ether oxygens (including phenoxy) is 3. The lowest BCUT2D eigenvalue weighted by molar-refractivity contribution is -0.167. The van der Waals surface area contributed by atoms with E-state index in [0.717, 1.165) is 69.6 Å². The molecule has 0 unspecified atom stereocenters. The maximum atomic E-state index is 12.8. The van der Waals surface area contributed by atoms with E-state index in [1.807, 2.05) is 0 Å². The first-order chi connectivity index (χ1) is 29.7. The molecule has 61 heavy (non-hydrogen) atoms. The minimum atomic E-state index is -0.762. The molecule has 0 saturated heterocycles. The van der Waals surface area contributed by atoms with Gasteiger partial charge >= 0.3 is 17.9 Å². The van der Waals surface area contributed by atoms with Crippen LogP contribution in [-0.4, -0.2) is 37.2 Å². The summed E-state index contributed by atoms with van der Waals surface area (Å²) < 4.78 is 16.8. The van der Waals surface area contributed by atoms with Crippen LogP contribution in [0.4, 0.5) is 0 Å². The van der Waals surface area contributed by atoms with Crippen molar-refractivity contribution in [1.29, 1.82) is 0 Å². The van der Waals surface area contributed by atoms with E-state index in [4.69, 9.17) is 14.2 Å². The van der Waals surface area contributed by atoms with Crippen molar-refractivity contribution in [3.05, 3.63) is 0 Å². The summed E-state index contributed by atoms with van der Waals surface area (Å²) in [5.41, 5.74) is 0. The molecule has 0 N–H and O–H groups in total. The molecular formula is C55H106O6. The number of rotatable bonds is 49. The first-order valence-corrected chi connectivity index (χ1v) is 27.2.